The van der Waals surface area contributed by atoms with Gasteiger partial charge in [0, 0.05) is 5.56 Å². The predicted molar refractivity (Wildman–Crippen MR) is 88.8 cm³/mol. The van der Waals surface area contributed by atoms with Gasteiger partial charge >= 0.3 is 0 Å². The molecule has 2 aromatic carbocycles. The zero-order valence-electron chi connectivity index (χ0n) is 14.1. The summed E-state index contributed by atoms with van der Waals surface area (Å²) in [6, 6.07) is 8.70. The molecule has 0 amide bonds. The van der Waals surface area contributed by atoms with Crippen LogP contribution in [0.25, 0.3) is 0 Å². The largest absolute Gasteiger partial charge is 0.493 e. The van der Waals surface area contributed by atoms with E-state index >= 15 is 0 Å². The van der Waals surface area contributed by atoms with Gasteiger partial charge in [0.2, 0.25) is 5.75 Å². The van der Waals surface area contributed by atoms with Crippen LogP contribution >= 0.6 is 0 Å². The molecule has 0 radical (unpaired) electrons. The average molecular weight is 332 g/mol. The predicted octanol–water partition coefficient (Wildman–Crippen LogP) is 3.11. The molecule has 0 aliphatic carbocycles. The van der Waals surface area contributed by atoms with Crippen molar-refractivity contribution in [1.29, 1.82) is 0 Å². The Morgan fingerprint density at radius 3 is 2.04 bits per heavy atom. The Morgan fingerprint density at radius 2 is 1.46 bits per heavy atom. The third kappa shape index (κ3) is 3.71. The maximum atomic E-state index is 11.1. The Hall–Kier alpha value is -2.89. The van der Waals surface area contributed by atoms with Crippen molar-refractivity contribution in [2.75, 3.05) is 28.4 Å². The molecule has 6 nitrogen and oxygen atoms in total. The Balaban J connectivity index is 2.26. The SMILES string of the molecule is COc1ccc(COc2cc(C=O)cc(OC)c2OC)cc1OC. The number of rotatable bonds is 8. The quantitative estimate of drug-likeness (QED) is 0.692. The zero-order chi connectivity index (χ0) is 17.5. The minimum absolute atomic E-state index is 0.266. The van der Waals surface area contributed by atoms with E-state index in [1.54, 1.807) is 32.4 Å². The topological polar surface area (TPSA) is 63.2 Å². The molecule has 0 bridgehead atoms. The Bertz CT molecular complexity index is 711. The fourth-order valence-electron chi connectivity index (χ4n) is 2.26. The molecule has 2 rings (SSSR count). The summed E-state index contributed by atoms with van der Waals surface area (Å²) in [5, 5.41) is 0. The minimum Gasteiger partial charge on any atom is -0.493 e. The fraction of sp³-hybridized carbons (Fsp3) is 0.278. The lowest BCUT2D eigenvalue weighted by Gasteiger charge is -2.15. The third-order valence-corrected chi connectivity index (χ3v) is 3.45. The van der Waals surface area contributed by atoms with Crippen molar-refractivity contribution in [3.8, 4) is 28.7 Å². The van der Waals surface area contributed by atoms with Crippen molar-refractivity contribution in [2.24, 2.45) is 0 Å². The Kier molecular flexibility index (Phi) is 5.89. The maximum absolute atomic E-state index is 11.1. The maximum Gasteiger partial charge on any atom is 0.203 e. The first-order chi connectivity index (χ1) is 11.7. The second-order valence-corrected chi connectivity index (χ2v) is 4.85. The summed E-state index contributed by atoms with van der Waals surface area (Å²) in [4.78, 5) is 11.1. The van der Waals surface area contributed by atoms with Gasteiger partial charge in [0.05, 0.1) is 28.4 Å². The normalized spacial score (nSPS) is 10.0. The van der Waals surface area contributed by atoms with E-state index in [0.29, 0.717) is 34.3 Å². The van der Waals surface area contributed by atoms with Gasteiger partial charge in [-0.25, -0.2) is 0 Å². The average Bonchev–Trinajstić information content (AvgIpc) is 2.64. The van der Waals surface area contributed by atoms with Crippen LogP contribution < -0.4 is 23.7 Å². The number of carbonyl (C=O) groups excluding carboxylic acids is 1. The number of ether oxygens (including phenoxy) is 5. The lowest BCUT2D eigenvalue weighted by Crippen LogP contribution is -2.01. The first kappa shape index (κ1) is 17.5. The monoisotopic (exact) mass is 332 g/mol. The fourth-order valence-corrected chi connectivity index (χ4v) is 2.26. The van der Waals surface area contributed by atoms with Crippen molar-refractivity contribution < 1.29 is 28.5 Å². The van der Waals surface area contributed by atoms with Crippen LogP contribution in [0.5, 0.6) is 28.7 Å². The van der Waals surface area contributed by atoms with Gasteiger partial charge in [0.15, 0.2) is 23.0 Å². The third-order valence-electron chi connectivity index (χ3n) is 3.45. The molecule has 0 spiro atoms. The second-order valence-electron chi connectivity index (χ2n) is 4.85. The first-order valence-electron chi connectivity index (χ1n) is 7.21. The van der Waals surface area contributed by atoms with Gasteiger partial charge in [-0.1, -0.05) is 6.07 Å². The summed E-state index contributed by atoms with van der Waals surface area (Å²) in [7, 11) is 6.17. The molecule has 0 aromatic heterocycles. The van der Waals surface area contributed by atoms with Gasteiger partial charge in [0.25, 0.3) is 0 Å². The summed E-state index contributed by atoms with van der Waals surface area (Å²) < 4.78 is 26.9. The van der Waals surface area contributed by atoms with Crippen LogP contribution in [0.2, 0.25) is 0 Å². The van der Waals surface area contributed by atoms with E-state index in [1.165, 1.54) is 14.2 Å². The number of aldehydes is 1. The first-order valence-corrected chi connectivity index (χ1v) is 7.21. The van der Waals surface area contributed by atoms with Crippen LogP contribution in [0, 0.1) is 0 Å². The summed E-state index contributed by atoms with van der Waals surface area (Å²) >= 11 is 0. The van der Waals surface area contributed by atoms with Crippen molar-refractivity contribution in [2.45, 2.75) is 6.61 Å². The van der Waals surface area contributed by atoms with Crippen molar-refractivity contribution >= 4 is 6.29 Å². The molecule has 0 fully saturated rings. The van der Waals surface area contributed by atoms with E-state index in [9.17, 15) is 4.79 Å². The highest BCUT2D eigenvalue weighted by molar-refractivity contribution is 5.78. The summed E-state index contributed by atoms with van der Waals surface area (Å²) in [6.07, 6.45) is 0.727. The number of benzene rings is 2. The molecule has 0 unspecified atom stereocenters. The van der Waals surface area contributed by atoms with E-state index in [2.05, 4.69) is 0 Å². The van der Waals surface area contributed by atoms with Crippen LogP contribution in [0.1, 0.15) is 15.9 Å². The molecular weight excluding hydrogens is 312 g/mol. The molecule has 0 saturated heterocycles. The van der Waals surface area contributed by atoms with E-state index < -0.39 is 0 Å². The minimum atomic E-state index is 0.266. The Morgan fingerprint density at radius 1 is 0.792 bits per heavy atom. The van der Waals surface area contributed by atoms with E-state index in [-0.39, 0.29) is 6.61 Å². The molecule has 0 heterocycles. The van der Waals surface area contributed by atoms with Crippen LogP contribution in [0.3, 0.4) is 0 Å². The molecule has 0 aliphatic heterocycles. The molecular formula is C18H20O6. The number of hydrogen-bond acceptors (Lipinski definition) is 6. The molecule has 2 aromatic rings. The smallest absolute Gasteiger partial charge is 0.203 e. The highest BCUT2D eigenvalue weighted by atomic mass is 16.5. The van der Waals surface area contributed by atoms with E-state index in [1.807, 2.05) is 12.1 Å². The summed E-state index contributed by atoms with van der Waals surface area (Å²) in [5.74, 6) is 2.55. The second kappa shape index (κ2) is 8.10. The summed E-state index contributed by atoms with van der Waals surface area (Å²) in [5.41, 5.74) is 1.32. The van der Waals surface area contributed by atoms with Crippen molar-refractivity contribution in [3.63, 3.8) is 0 Å². The summed E-state index contributed by atoms with van der Waals surface area (Å²) in [6.45, 7) is 0.266. The number of methoxy groups -OCH3 is 4. The molecule has 6 heteroatoms. The van der Waals surface area contributed by atoms with Gasteiger partial charge in [-0.3, -0.25) is 4.79 Å². The van der Waals surface area contributed by atoms with Crippen LogP contribution in [0.15, 0.2) is 30.3 Å². The highest BCUT2D eigenvalue weighted by Crippen LogP contribution is 2.38. The van der Waals surface area contributed by atoms with Crippen molar-refractivity contribution in [1.82, 2.24) is 0 Å². The standard InChI is InChI=1S/C18H20O6/c1-20-14-6-5-12(7-15(14)21-2)11-24-17-9-13(10-19)8-16(22-3)18(17)23-4/h5-10H,11H2,1-4H3. The van der Waals surface area contributed by atoms with Gasteiger partial charge in [-0.15, -0.1) is 0 Å². The molecule has 128 valence electrons. The van der Waals surface area contributed by atoms with Crippen LogP contribution in [-0.4, -0.2) is 34.7 Å². The lowest BCUT2D eigenvalue weighted by atomic mass is 10.2. The van der Waals surface area contributed by atoms with Gasteiger partial charge < -0.3 is 23.7 Å². The molecule has 0 saturated carbocycles. The molecule has 24 heavy (non-hydrogen) atoms. The van der Waals surface area contributed by atoms with Crippen molar-refractivity contribution in [3.05, 3.63) is 41.5 Å². The van der Waals surface area contributed by atoms with Crippen LogP contribution in [-0.2, 0) is 6.61 Å². The Labute approximate surface area is 140 Å². The van der Waals surface area contributed by atoms with Gasteiger partial charge in [-0.05, 0) is 29.8 Å². The zero-order valence-corrected chi connectivity index (χ0v) is 14.1. The molecule has 0 N–H and O–H groups in total. The van der Waals surface area contributed by atoms with Gasteiger partial charge in [0.1, 0.15) is 12.9 Å². The van der Waals surface area contributed by atoms with E-state index in [4.69, 9.17) is 23.7 Å². The van der Waals surface area contributed by atoms with E-state index in [0.717, 1.165) is 11.8 Å². The van der Waals surface area contributed by atoms with Crippen LogP contribution in [0.4, 0.5) is 0 Å². The van der Waals surface area contributed by atoms with Gasteiger partial charge in [-0.2, -0.15) is 0 Å². The molecule has 0 atom stereocenters. The highest BCUT2D eigenvalue weighted by Gasteiger charge is 2.14. The number of hydrogen-bond donors (Lipinski definition) is 0. The molecule has 0 aliphatic rings. The lowest BCUT2D eigenvalue weighted by molar-refractivity contribution is 0.112. The number of carbonyl (C=O) groups is 1.